The van der Waals surface area contributed by atoms with E-state index in [4.69, 9.17) is 10.5 Å². The summed E-state index contributed by atoms with van der Waals surface area (Å²) in [6.07, 6.45) is 0.406. The molecule has 4 amide bonds. The van der Waals surface area contributed by atoms with Crippen molar-refractivity contribution in [3.63, 3.8) is 0 Å². The van der Waals surface area contributed by atoms with E-state index < -0.39 is 48.1 Å². The molecule has 0 radical (unpaired) electrons. The molecule has 5 N–H and O–H groups in total. The number of nitrogens with one attached hydrogen (secondary N) is 2. The van der Waals surface area contributed by atoms with Crippen LogP contribution in [-0.2, 0) is 19.1 Å². The quantitative estimate of drug-likeness (QED) is 0.316. The normalized spacial score (nSPS) is 12.6. The monoisotopic (exact) mass is 552 g/mol. The molecule has 2 aromatic carbocycles. The van der Waals surface area contributed by atoms with E-state index in [-0.39, 0.29) is 19.4 Å². The molecule has 2 atom stereocenters. The third-order valence-electron chi connectivity index (χ3n) is 6.04. The molecule has 0 aliphatic heterocycles. The molecule has 0 fully saturated rings. The summed E-state index contributed by atoms with van der Waals surface area (Å²) in [5.41, 5.74) is 7.94. The summed E-state index contributed by atoms with van der Waals surface area (Å²) in [5, 5.41) is 15.4. The number of carbonyl (C=O) groups excluding carboxylic acids is 4. The van der Waals surface area contributed by atoms with Gasteiger partial charge in [-0.2, -0.15) is 0 Å². The van der Waals surface area contributed by atoms with E-state index in [1.54, 1.807) is 51.1 Å². The molecule has 0 bridgehead atoms. The maximum atomic E-state index is 14.0. The molecule has 0 aliphatic carbocycles. The Morgan fingerprint density at radius 2 is 1.73 bits per heavy atom. The topological polar surface area (TPSA) is 151 Å². The summed E-state index contributed by atoms with van der Waals surface area (Å²) in [4.78, 5) is 53.3. The molecular weight excluding hydrogens is 512 g/mol. The van der Waals surface area contributed by atoms with Crippen LogP contribution in [0.1, 0.15) is 61.9 Å². The van der Waals surface area contributed by atoms with E-state index in [0.717, 1.165) is 16.7 Å². The molecule has 40 heavy (non-hydrogen) atoms. The number of hydrogen-bond acceptors (Lipinski definition) is 6. The smallest absolute Gasteiger partial charge is 0.408 e. The zero-order valence-electron chi connectivity index (χ0n) is 23.8. The van der Waals surface area contributed by atoms with Crippen molar-refractivity contribution >= 4 is 35.6 Å². The number of amides is 4. The van der Waals surface area contributed by atoms with Crippen LogP contribution in [0.2, 0.25) is 0 Å². The Morgan fingerprint density at radius 1 is 1.10 bits per heavy atom. The average Bonchev–Trinajstić information content (AvgIpc) is 2.87. The van der Waals surface area contributed by atoms with Gasteiger partial charge in [0.05, 0.1) is 6.61 Å². The lowest BCUT2D eigenvalue weighted by atomic mass is 9.99. The Balaban J connectivity index is 2.58. The van der Waals surface area contributed by atoms with Gasteiger partial charge in [-0.15, -0.1) is 0 Å². The van der Waals surface area contributed by atoms with E-state index in [9.17, 15) is 24.3 Å². The summed E-state index contributed by atoms with van der Waals surface area (Å²) in [7, 11) is 0. The number of primary amides is 1. The highest BCUT2D eigenvalue weighted by Crippen LogP contribution is 2.28. The SMILES string of the molecule is C=Cc1cccc(C(C(=O)Nc2c(C)cccc2C)N(CCO)C(=O)C(CCC(N)=O)NC(=O)OC(C)(C)C)c1. The fourth-order valence-electron chi connectivity index (χ4n) is 4.20. The zero-order valence-corrected chi connectivity index (χ0v) is 23.8. The van der Waals surface area contributed by atoms with E-state index in [1.165, 1.54) is 4.90 Å². The number of nitrogens with two attached hydrogens (primary N) is 1. The molecule has 0 saturated carbocycles. The first-order chi connectivity index (χ1) is 18.8. The first kappa shape index (κ1) is 32.0. The molecule has 2 rings (SSSR count). The number of ether oxygens (including phenoxy) is 1. The summed E-state index contributed by atoms with van der Waals surface area (Å²) >= 11 is 0. The van der Waals surface area contributed by atoms with Gasteiger partial charge in [0.15, 0.2) is 0 Å². The van der Waals surface area contributed by atoms with Crippen LogP contribution < -0.4 is 16.4 Å². The number of alkyl carbamates (subject to hydrolysis) is 1. The fraction of sp³-hybridized carbons (Fsp3) is 0.400. The Bertz CT molecular complexity index is 1220. The second-order valence-corrected chi connectivity index (χ2v) is 10.5. The first-order valence-electron chi connectivity index (χ1n) is 13.1. The van der Waals surface area contributed by atoms with Gasteiger partial charge < -0.3 is 31.1 Å². The summed E-state index contributed by atoms with van der Waals surface area (Å²) in [5.74, 6) is -1.88. The number of aliphatic hydroxyl groups is 1. The van der Waals surface area contributed by atoms with Crippen LogP contribution in [0, 0.1) is 13.8 Å². The van der Waals surface area contributed by atoms with Gasteiger partial charge in [0.2, 0.25) is 11.8 Å². The van der Waals surface area contributed by atoms with Crippen LogP contribution >= 0.6 is 0 Å². The van der Waals surface area contributed by atoms with Crippen LogP contribution in [0.15, 0.2) is 49.0 Å². The number of anilines is 1. The lowest BCUT2D eigenvalue weighted by molar-refractivity contribution is -0.141. The van der Waals surface area contributed by atoms with E-state index in [2.05, 4.69) is 17.2 Å². The van der Waals surface area contributed by atoms with Crippen LogP contribution in [0.3, 0.4) is 0 Å². The van der Waals surface area contributed by atoms with Crippen molar-refractivity contribution in [2.45, 2.75) is 65.1 Å². The van der Waals surface area contributed by atoms with Crippen LogP contribution in [0.25, 0.3) is 6.08 Å². The van der Waals surface area contributed by atoms with Crippen LogP contribution in [0.5, 0.6) is 0 Å². The Hall–Kier alpha value is -4.18. The maximum Gasteiger partial charge on any atom is 0.408 e. The number of aliphatic hydroxyl groups excluding tert-OH is 1. The molecule has 10 nitrogen and oxygen atoms in total. The average molecular weight is 553 g/mol. The molecule has 0 aliphatic rings. The number of benzene rings is 2. The van der Waals surface area contributed by atoms with Gasteiger partial charge in [-0.1, -0.05) is 49.1 Å². The molecule has 0 heterocycles. The summed E-state index contributed by atoms with van der Waals surface area (Å²) < 4.78 is 5.32. The largest absolute Gasteiger partial charge is 0.444 e. The standard InChI is InChI=1S/C30H40N4O6/c1-7-21-12-9-13-22(18-21)26(27(37)33-25-19(2)10-8-11-20(25)3)34(16-17-35)28(38)23(14-15-24(31)36)32-29(39)40-30(4,5)6/h7-13,18,23,26,35H,1,14-17H2,2-6H3,(H2,31,36)(H,32,39)(H,33,37). The number of nitrogens with zero attached hydrogens (tertiary/aromatic N) is 1. The van der Waals surface area contributed by atoms with Crippen molar-refractivity contribution in [2.24, 2.45) is 5.73 Å². The highest BCUT2D eigenvalue weighted by atomic mass is 16.6. The number of aryl methyl sites for hydroxylation is 2. The van der Waals surface area contributed by atoms with Crippen LogP contribution in [0.4, 0.5) is 10.5 Å². The lowest BCUT2D eigenvalue weighted by Gasteiger charge is -2.34. The third kappa shape index (κ3) is 9.23. The van der Waals surface area contributed by atoms with Gasteiger partial charge in [0.1, 0.15) is 17.7 Å². The minimum absolute atomic E-state index is 0.132. The Kier molecular flexibility index (Phi) is 11.4. The minimum Gasteiger partial charge on any atom is -0.444 e. The molecule has 216 valence electrons. The van der Waals surface area contributed by atoms with Gasteiger partial charge >= 0.3 is 6.09 Å². The third-order valence-corrected chi connectivity index (χ3v) is 6.04. The fourth-order valence-corrected chi connectivity index (χ4v) is 4.20. The number of rotatable bonds is 12. The maximum absolute atomic E-state index is 14.0. The van der Waals surface area contributed by atoms with Crippen molar-refractivity contribution < 1.29 is 29.0 Å². The van der Waals surface area contributed by atoms with Crippen LogP contribution in [-0.4, -0.2) is 58.6 Å². The summed E-state index contributed by atoms with van der Waals surface area (Å²) in [6.45, 7) is 11.8. The van der Waals surface area contributed by atoms with Crippen molar-refractivity contribution in [2.75, 3.05) is 18.5 Å². The van der Waals surface area contributed by atoms with Crippen molar-refractivity contribution in [3.8, 4) is 0 Å². The Morgan fingerprint density at radius 3 is 2.27 bits per heavy atom. The van der Waals surface area contributed by atoms with Gasteiger partial charge in [0, 0.05) is 18.7 Å². The molecule has 0 aromatic heterocycles. The molecular formula is C30H40N4O6. The molecule has 10 heteroatoms. The summed E-state index contributed by atoms with van der Waals surface area (Å²) in [6, 6.07) is 10.1. The predicted molar refractivity (Wildman–Crippen MR) is 154 cm³/mol. The second-order valence-electron chi connectivity index (χ2n) is 10.5. The Labute approximate surface area is 235 Å². The van der Waals surface area contributed by atoms with Gasteiger partial charge in [0.25, 0.3) is 5.91 Å². The highest BCUT2D eigenvalue weighted by Gasteiger charge is 2.36. The van der Waals surface area contributed by atoms with Gasteiger partial charge in [-0.05, 0) is 69.4 Å². The molecule has 2 aromatic rings. The number of para-hydroxylation sites is 1. The van der Waals surface area contributed by atoms with E-state index >= 15 is 0 Å². The van der Waals surface area contributed by atoms with Crippen molar-refractivity contribution in [3.05, 3.63) is 71.3 Å². The molecule has 0 saturated heterocycles. The second kappa shape index (κ2) is 14.3. The van der Waals surface area contributed by atoms with Gasteiger partial charge in [-0.25, -0.2) is 4.79 Å². The van der Waals surface area contributed by atoms with E-state index in [1.807, 2.05) is 32.0 Å². The zero-order chi connectivity index (χ0) is 30.0. The minimum atomic E-state index is -1.26. The predicted octanol–water partition coefficient (Wildman–Crippen LogP) is 3.61. The van der Waals surface area contributed by atoms with Crippen molar-refractivity contribution in [1.82, 2.24) is 10.2 Å². The first-order valence-corrected chi connectivity index (χ1v) is 13.1. The van der Waals surface area contributed by atoms with Gasteiger partial charge in [-0.3, -0.25) is 14.4 Å². The van der Waals surface area contributed by atoms with Crippen molar-refractivity contribution in [1.29, 1.82) is 0 Å². The lowest BCUT2D eigenvalue weighted by Crippen LogP contribution is -2.53. The number of carbonyl (C=O) groups is 4. The molecule has 0 spiro atoms. The molecule has 2 unspecified atom stereocenters. The number of hydrogen-bond donors (Lipinski definition) is 4. The van der Waals surface area contributed by atoms with E-state index in [0.29, 0.717) is 11.3 Å². The highest BCUT2D eigenvalue weighted by molar-refractivity contribution is 6.00.